The molecule has 1 atom stereocenters. The zero-order valence-electron chi connectivity index (χ0n) is 12.0. The monoisotopic (exact) mass is 290 g/mol. The Morgan fingerprint density at radius 1 is 1.52 bits per heavy atom. The average Bonchev–Trinajstić information content (AvgIpc) is 2.68. The fourth-order valence-corrected chi connectivity index (χ4v) is 2.57. The number of benzene rings is 1. The number of nitrogens with zero attached hydrogens (tertiary/aromatic N) is 1. The molecule has 0 spiro atoms. The van der Waals surface area contributed by atoms with Crippen LogP contribution in [0.4, 0.5) is 11.4 Å². The molecule has 2 heterocycles. The molecule has 4 N–H and O–H groups in total. The normalized spacial score (nSPS) is 17.7. The topological polar surface area (TPSA) is 90.5 Å². The molecule has 1 aromatic carbocycles. The van der Waals surface area contributed by atoms with Crippen molar-refractivity contribution in [3.8, 4) is 5.75 Å². The van der Waals surface area contributed by atoms with Crippen molar-refractivity contribution >= 4 is 22.3 Å². The Labute approximate surface area is 121 Å². The van der Waals surface area contributed by atoms with Crippen molar-refractivity contribution in [2.45, 2.75) is 12.6 Å². The van der Waals surface area contributed by atoms with Gasteiger partial charge in [-0.25, -0.2) is 0 Å². The molecule has 0 amide bonds. The Hall–Kier alpha value is -2.25. The van der Waals surface area contributed by atoms with Crippen molar-refractivity contribution in [1.82, 2.24) is 10.0 Å². The maximum atomic E-state index is 12.4. The first-order chi connectivity index (χ1) is 10.1. The number of hydroxylamine groups is 1. The van der Waals surface area contributed by atoms with Gasteiger partial charge in [0.15, 0.2) is 0 Å². The summed E-state index contributed by atoms with van der Waals surface area (Å²) in [5.74, 6) is 0.316. The van der Waals surface area contributed by atoms with Crippen LogP contribution in [-0.2, 0) is 11.9 Å². The van der Waals surface area contributed by atoms with Crippen molar-refractivity contribution in [3.05, 3.63) is 28.6 Å². The van der Waals surface area contributed by atoms with Crippen LogP contribution in [0.2, 0.25) is 0 Å². The van der Waals surface area contributed by atoms with Crippen LogP contribution in [0, 0.1) is 0 Å². The molecule has 0 aliphatic carbocycles. The molecule has 0 bridgehead atoms. The molecule has 1 aromatic heterocycles. The molecule has 2 aromatic rings. The van der Waals surface area contributed by atoms with Gasteiger partial charge in [-0.1, -0.05) is 0 Å². The Morgan fingerprint density at radius 2 is 2.33 bits per heavy atom. The summed E-state index contributed by atoms with van der Waals surface area (Å²) in [5.41, 5.74) is 10.6. The van der Waals surface area contributed by atoms with E-state index in [2.05, 4.69) is 10.8 Å². The van der Waals surface area contributed by atoms with E-state index in [1.54, 1.807) is 24.8 Å². The van der Waals surface area contributed by atoms with Gasteiger partial charge < -0.3 is 25.2 Å². The van der Waals surface area contributed by atoms with Gasteiger partial charge in [0.05, 0.1) is 24.9 Å². The van der Waals surface area contributed by atoms with Gasteiger partial charge >= 0.3 is 0 Å². The van der Waals surface area contributed by atoms with E-state index < -0.39 is 0 Å². The molecular formula is C14H18N4O3. The molecule has 1 aliphatic rings. The number of hydrogen-bond donors (Lipinski definition) is 3. The molecule has 7 heteroatoms. The van der Waals surface area contributed by atoms with Gasteiger partial charge in [-0.05, 0) is 18.2 Å². The minimum Gasteiger partial charge on any atom is -0.486 e. The molecular weight excluding hydrogens is 272 g/mol. The number of aryl methyl sites for hydroxylation is 1. The zero-order valence-corrected chi connectivity index (χ0v) is 12.0. The van der Waals surface area contributed by atoms with Gasteiger partial charge in [0.1, 0.15) is 6.17 Å². The van der Waals surface area contributed by atoms with Crippen LogP contribution in [-0.4, -0.2) is 24.4 Å². The van der Waals surface area contributed by atoms with Crippen molar-refractivity contribution in [2.75, 3.05) is 24.8 Å². The fourth-order valence-electron chi connectivity index (χ4n) is 2.57. The molecule has 1 unspecified atom stereocenters. The van der Waals surface area contributed by atoms with E-state index in [9.17, 15) is 4.79 Å². The van der Waals surface area contributed by atoms with Crippen molar-refractivity contribution in [3.63, 3.8) is 0 Å². The number of nitrogen functional groups attached to an aromatic ring is 1. The molecule has 21 heavy (non-hydrogen) atoms. The summed E-state index contributed by atoms with van der Waals surface area (Å²) >= 11 is 0. The highest BCUT2D eigenvalue weighted by atomic mass is 16.6. The van der Waals surface area contributed by atoms with Crippen LogP contribution in [0.5, 0.6) is 5.75 Å². The number of pyridine rings is 1. The van der Waals surface area contributed by atoms with E-state index in [-0.39, 0.29) is 11.7 Å². The van der Waals surface area contributed by atoms with Gasteiger partial charge in [-0.3, -0.25) is 4.79 Å². The standard InChI is InChI=1S/C14H18N4O3/c1-18-10-4-3-8(15)7-9(10)12-13(14(18)19)21-6-5-11(16-12)17-20-2/h3-4,7,11,16-17H,5-6,15H2,1-2H3. The lowest BCUT2D eigenvalue weighted by atomic mass is 10.1. The maximum absolute atomic E-state index is 12.4. The third kappa shape index (κ3) is 2.30. The molecule has 7 nitrogen and oxygen atoms in total. The quantitative estimate of drug-likeness (QED) is 0.559. The predicted octanol–water partition coefficient (Wildman–Crippen LogP) is 0.792. The number of ether oxygens (including phenoxy) is 1. The third-order valence-electron chi connectivity index (χ3n) is 3.61. The Balaban J connectivity index is 2.26. The van der Waals surface area contributed by atoms with E-state index in [0.717, 1.165) is 10.9 Å². The summed E-state index contributed by atoms with van der Waals surface area (Å²) in [5, 5.41) is 4.11. The SMILES string of the molecule is CONC1CCOc2c(c3cc(N)ccc3n(C)c2=O)N1. The molecule has 0 fully saturated rings. The molecule has 112 valence electrons. The van der Waals surface area contributed by atoms with E-state index in [1.165, 1.54) is 0 Å². The van der Waals surface area contributed by atoms with Gasteiger partial charge in [-0.15, -0.1) is 0 Å². The molecule has 0 radical (unpaired) electrons. The highest BCUT2D eigenvalue weighted by molar-refractivity contribution is 5.96. The second-order valence-electron chi connectivity index (χ2n) is 5.00. The lowest BCUT2D eigenvalue weighted by Crippen LogP contribution is -2.35. The molecule has 1 aliphatic heterocycles. The zero-order chi connectivity index (χ0) is 15.0. The summed E-state index contributed by atoms with van der Waals surface area (Å²) in [4.78, 5) is 17.4. The second kappa shape index (κ2) is 5.27. The number of fused-ring (bicyclic) bond motifs is 3. The van der Waals surface area contributed by atoms with E-state index >= 15 is 0 Å². The van der Waals surface area contributed by atoms with Crippen molar-refractivity contribution in [1.29, 1.82) is 0 Å². The van der Waals surface area contributed by atoms with Crippen LogP contribution < -0.4 is 26.8 Å². The van der Waals surface area contributed by atoms with Gasteiger partial charge in [0, 0.05) is 24.5 Å². The lowest BCUT2D eigenvalue weighted by molar-refractivity contribution is 0.0634. The largest absolute Gasteiger partial charge is 0.486 e. The van der Waals surface area contributed by atoms with E-state index in [4.69, 9.17) is 15.3 Å². The minimum absolute atomic E-state index is 0.145. The van der Waals surface area contributed by atoms with Crippen LogP contribution in [0.1, 0.15) is 6.42 Å². The predicted molar refractivity (Wildman–Crippen MR) is 81.3 cm³/mol. The second-order valence-corrected chi connectivity index (χ2v) is 5.00. The summed E-state index contributed by atoms with van der Waals surface area (Å²) in [7, 11) is 3.27. The first-order valence-corrected chi connectivity index (χ1v) is 6.72. The smallest absolute Gasteiger partial charge is 0.295 e. The Morgan fingerprint density at radius 3 is 3.10 bits per heavy atom. The summed E-state index contributed by atoms with van der Waals surface area (Å²) in [6, 6.07) is 5.44. The molecule has 3 rings (SSSR count). The lowest BCUT2D eigenvalue weighted by Gasteiger charge is -2.19. The summed E-state index contributed by atoms with van der Waals surface area (Å²) in [6.07, 6.45) is 0.517. The third-order valence-corrected chi connectivity index (χ3v) is 3.61. The highest BCUT2D eigenvalue weighted by Crippen LogP contribution is 2.33. The Bertz CT molecular complexity index is 741. The van der Waals surface area contributed by atoms with Crippen LogP contribution in [0.25, 0.3) is 10.9 Å². The first-order valence-electron chi connectivity index (χ1n) is 6.72. The number of anilines is 2. The highest BCUT2D eigenvalue weighted by Gasteiger charge is 2.23. The maximum Gasteiger partial charge on any atom is 0.295 e. The van der Waals surface area contributed by atoms with Crippen molar-refractivity contribution < 1.29 is 9.57 Å². The van der Waals surface area contributed by atoms with Crippen LogP contribution >= 0.6 is 0 Å². The average molecular weight is 290 g/mol. The number of nitrogens with one attached hydrogen (secondary N) is 2. The first kappa shape index (κ1) is 13.7. The van der Waals surface area contributed by atoms with Gasteiger partial charge in [-0.2, -0.15) is 5.48 Å². The Kier molecular flexibility index (Phi) is 3.44. The van der Waals surface area contributed by atoms with E-state index in [1.807, 2.05) is 12.1 Å². The van der Waals surface area contributed by atoms with Gasteiger partial charge in [0.2, 0.25) is 5.75 Å². The fraction of sp³-hybridized carbons (Fsp3) is 0.357. The summed E-state index contributed by atoms with van der Waals surface area (Å²) in [6.45, 7) is 0.421. The minimum atomic E-state index is -0.173. The molecule has 0 saturated heterocycles. The van der Waals surface area contributed by atoms with E-state index in [0.29, 0.717) is 30.2 Å². The molecule has 0 saturated carbocycles. The number of nitrogens with two attached hydrogens (primary N) is 1. The van der Waals surface area contributed by atoms with Crippen molar-refractivity contribution in [2.24, 2.45) is 7.05 Å². The van der Waals surface area contributed by atoms with Crippen LogP contribution in [0.15, 0.2) is 23.0 Å². The number of hydrogen-bond acceptors (Lipinski definition) is 6. The van der Waals surface area contributed by atoms with Gasteiger partial charge in [0.25, 0.3) is 5.56 Å². The van der Waals surface area contributed by atoms with Crippen LogP contribution in [0.3, 0.4) is 0 Å². The number of rotatable bonds is 2. The summed E-state index contributed by atoms with van der Waals surface area (Å²) < 4.78 is 7.22. The number of aromatic nitrogens is 1.